The van der Waals surface area contributed by atoms with Crippen molar-refractivity contribution in [3.05, 3.63) is 18.3 Å². The molecule has 0 unspecified atom stereocenters. The maximum atomic E-state index is 8.61. The van der Waals surface area contributed by atoms with Crippen molar-refractivity contribution in [1.29, 1.82) is 0 Å². The number of nitrogens with one attached hydrogen (secondary N) is 1. The molecule has 104 valence electrons. The summed E-state index contributed by atoms with van der Waals surface area (Å²) in [6, 6.07) is 3.78. The van der Waals surface area contributed by atoms with Gasteiger partial charge < -0.3 is 21.0 Å². The molecule has 1 aliphatic rings. The third-order valence-electron chi connectivity index (χ3n) is 3.34. The van der Waals surface area contributed by atoms with Crippen LogP contribution >= 0.6 is 0 Å². The highest BCUT2D eigenvalue weighted by Gasteiger charge is 2.43. The van der Waals surface area contributed by atoms with E-state index in [4.69, 9.17) is 15.7 Å². The first-order valence-electron chi connectivity index (χ1n) is 6.46. The van der Waals surface area contributed by atoms with Crippen molar-refractivity contribution in [2.45, 2.75) is 26.2 Å². The van der Waals surface area contributed by atoms with Crippen LogP contribution in [0.25, 0.3) is 0 Å². The summed E-state index contributed by atoms with van der Waals surface area (Å²) in [6.07, 6.45) is 4.58. The molecule has 1 heterocycles. The fourth-order valence-corrected chi connectivity index (χ4v) is 2.02. The summed E-state index contributed by atoms with van der Waals surface area (Å²) < 4.78 is 5.29. The highest BCUT2D eigenvalue weighted by molar-refractivity contribution is 5.80. The molecule has 19 heavy (non-hydrogen) atoms. The summed E-state index contributed by atoms with van der Waals surface area (Å²) in [6.45, 7) is 3.35. The predicted octanol–water partition coefficient (Wildman–Crippen LogP) is 1.81. The fraction of sp³-hybridized carbons (Fsp3) is 0.538. The molecule has 0 amide bonds. The number of nitrogens with two attached hydrogens (primary N) is 1. The van der Waals surface area contributed by atoms with Crippen molar-refractivity contribution >= 4 is 11.5 Å². The van der Waals surface area contributed by atoms with Gasteiger partial charge in [-0.25, -0.2) is 4.98 Å². The Balaban J connectivity index is 1.85. The molecule has 1 saturated carbocycles. The second-order valence-corrected chi connectivity index (χ2v) is 4.94. The van der Waals surface area contributed by atoms with Crippen molar-refractivity contribution in [3.8, 4) is 5.88 Å². The van der Waals surface area contributed by atoms with Gasteiger partial charge in [0, 0.05) is 19.0 Å². The molecule has 0 aliphatic heterocycles. The highest BCUT2D eigenvalue weighted by Crippen LogP contribution is 2.48. The SMILES string of the molecule is CCOc1ccc(NCC2(CC(N)=NO)CC2)cn1. The van der Waals surface area contributed by atoms with Crippen molar-refractivity contribution in [1.82, 2.24) is 4.98 Å². The maximum absolute atomic E-state index is 8.61. The summed E-state index contributed by atoms with van der Waals surface area (Å²) >= 11 is 0. The van der Waals surface area contributed by atoms with E-state index >= 15 is 0 Å². The van der Waals surface area contributed by atoms with Crippen LogP contribution in [0.15, 0.2) is 23.5 Å². The van der Waals surface area contributed by atoms with Crippen LogP contribution in [0.5, 0.6) is 5.88 Å². The lowest BCUT2D eigenvalue weighted by molar-refractivity contribution is 0.315. The van der Waals surface area contributed by atoms with E-state index in [0.717, 1.165) is 25.1 Å². The summed E-state index contributed by atoms with van der Waals surface area (Å²) in [7, 11) is 0. The van der Waals surface area contributed by atoms with Gasteiger partial charge in [-0.2, -0.15) is 0 Å². The van der Waals surface area contributed by atoms with E-state index in [1.165, 1.54) is 0 Å². The quantitative estimate of drug-likeness (QED) is 0.302. The second-order valence-electron chi connectivity index (χ2n) is 4.94. The van der Waals surface area contributed by atoms with E-state index < -0.39 is 0 Å². The number of rotatable bonds is 7. The predicted molar refractivity (Wildman–Crippen MR) is 73.6 cm³/mol. The Morgan fingerprint density at radius 3 is 2.89 bits per heavy atom. The topological polar surface area (TPSA) is 92.8 Å². The molecule has 6 heteroatoms. The minimum absolute atomic E-state index is 0.134. The number of hydrogen-bond acceptors (Lipinski definition) is 5. The molecule has 4 N–H and O–H groups in total. The third kappa shape index (κ3) is 3.74. The van der Waals surface area contributed by atoms with Gasteiger partial charge >= 0.3 is 0 Å². The number of anilines is 1. The van der Waals surface area contributed by atoms with Crippen LogP contribution in [-0.4, -0.2) is 29.2 Å². The Kier molecular flexibility index (Phi) is 4.09. The van der Waals surface area contributed by atoms with Crippen molar-refractivity contribution in [2.75, 3.05) is 18.5 Å². The number of hydrogen-bond donors (Lipinski definition) is 3. The van der Waals surface area contributed by atoms with E-state index in [9.17, 15) is 0 Å². The summed E-state index contributed by atoms with van der Waals surface area (Å²) in [5.74, 6) is 0.926. The maximum Gasteiger partial charge on any atom is 0.213 e. The lowest BCUT2D eigenvalue weighted by atomic mass is 10.0. The van der Waals surface area contributed by atoms with Gasteiger partial charge in [0.15, 0.2) is 0 Å². The molecule has 1 aromatic rings. The van der Waals surface area contributed by atoms with E-state index in [0.29, 0.717) is 24.7 Å². The van der Waals surface area contributed by atoms with E-state index in [1.807, 2.05) is 19.1 Å². The van der Waals surface area contributed by atoms with E-state index in [2.05, 4.69) is 15.5 Å². The van der Waals surface area contributed by atoms with Gasteiger partial charge in [-0.05, 0) is 31.2 Å². The molecule has 2 rings (SSSR count). The van der Waals surface area contributed by atoms with Crippen LogP contribution in [0.2, 0.25) is 0 Å². The lowest BCUT2D eigenvalue weighted by Gasteiger charge is -2.16. The molecule has 1 aliphatic carbocycles. The first-order chi connectivity index (χ1) is 9.17. The third-order valence-corrected chi connectivity index (χ3v) is 3.34. The highest BCUT2D eigenvalue weighted by atomic mass is 16.5. The van der Waals surface area contributed by atoms with E-state index in [1.54, 1.807) is 6.20 Å². The van der Waals surface area contributed by atoms with Crippen molar-refractivity contribution in [3.63, 3.8) is 0 Å². The van der Waals surface area contributed by atoms with Gasteiger partial charge in [0.1, 0.15) is 5.84 Å². The number of aromatic nitrogens is 1. The Hall–Kier alpha value is -1.98. The van der Waals surface area contributed by atoms with E-state index in [-0.39, 0.29) is 5.41 Å². The normalized spacial score (nSPS) is 17.0. The van der Waals surface area contributed by atoms with Crippen molar-refractivity contribution < 1.29 is 9.94 Å². The number of pyridine rings is 1. The minimum Gasteiger partial charge on any atom is -0.478 e. The number of oxime groups is 1. The molecule has 0 bridgehead atoms. The van der Waals surface area contributed by atoms with Crippen molar-refractivity contribution in [2.24, 2.45) is 16.3 Å². The Bertz CT molecular complexity index is 440. The first kappa shape index (κ1) is 13.5. The zero-order valence-electron chi connectivity index (χ0n) is 11.1. The Morgan fingerprint density at radius 1 is 1.58 bits per heavy atom. The second kappa shape index (κ2) is 5.77. The van der Waals surface area contributed by atoms with Crippen LogP contribution in [0.4, 0.5) is 5.69 Å². The first-order valence-corrected chi connectivity index (χ1v) is 6.46. The van der Waals surface area contributed by atoms with Gasteiger partial charge in [0.25, 0.3) is 0 Å². The fourth-order valence-electron chi connectivity index (χ4n) is 2.02. The lowest BCUT2D eigenvalue weighted by Crippen LogP contribution is -2.23. The van der Waals surface area contributed by atoms with Crippen LogP contribution in [0.1, 0.15) is 26.2 Å². The summed E-state index contributed by atoms with van der Waals surface area (Å²) in [5.41, 5.74) is 6.65. The summed E-state index contributed by atoms with van der Waals surface area (Å²) in [4.78, 5) is 4.19. The summed E-state index contributed by atoms with van der Waals surface area (Å²) in [5, 5.41) is 15.0. The minimum atomic E-state index is 0.134. The standard InChI is InChI=1S/C13H20N4O2/c1-2-19-12-4-3-10(8-15-12)16-9-13(5-6-13)7-11(14)17-18/h3-4,8,16,18H,2,5-7,9H2,1H3,(H2,14,17). The van der Waals surface area contributed by atoms with Gasteiger partial charge in [0.2, 0.25) is 5.88 Å². The molecule has 6 nitrogen and oxygen atoms in total. The zero-order chi connectivity index (χ0) is 13.7. The van der Waals surface area contributed by atoms with Gasteiger partial charge in [-0.1, -0.05) is 5.16 Å². The smallest absolute Gasteiger partial charge is 0.213 e. The molecule has 0 atom stereocenters. The average Bonchev–Trinajstić information content (AvgIpc) is 3.18. The van der Waals surface area contributed by atoms with Crippen LogP contribution in [0.3, 0.4) is 0 Å². The number of amidine groups is 1. The number of ether oxygens (including phenoxy) is 1. The zero-order valence-corrected chi connectivity index (χ0v) is 11.1. The van der Waals surface area contributed by atoms with Crippen LogP contribution in [-0.2, 0) is 0 Å². The van der Waals surface area contributed by atoms with Gasteiger partial charge in [0.05, 0.1) is 18.5 Å². The molecular formula is C13H20N4O2. The molecule has 0 saturated heterocycles. The van der Waals surface area contributed by atoms with Gasteiger partial charge in [-0.15, -0.1) is 0 Å². The Labute approximate surface area is 112 Å². The monoisotopic (exact) mass is 264 g/mol. The molecule has 1 fully saturated rings. The molecular weight excluding hydrogens is 244 g/mol. The molecule has 1 aromatic heterocycles. The largest absolute Gasteiger partial charge is 0.478 e. The number of nitrogens with zero attached hydrogens (tertiary/aromatic N) is 2. The van der Waals surface area contributed by atoms with Crippen LogP contribution in [0, 0.1) is 5.41 Å². The molecule has 0 aromatic carbocycles. The molecule has 0 radical (unpaired) electrons. The van der Waals surface area contributed by atoms with Gasteiger partial charge in [-0.3, -0.25) is 0 Å². The average molecular weight is 264 g/mol. The molecule has 0 spiro atoms. The Morgan fingerprint density at radius 2 is 2.37 bits per heavy atom. The van der Waals surface area contributed by atoms with Crippen LogP contribution < -0.4 is 15.8 Å².